The molecular formula is C14H16F3N3O2. The standard InChI is InChI=1S/C14H16F3N3O2/c15-14(16,17)13-19-9-7-11-12(22-6-5-21-11)8-10(9)20(13)4-2-1-3-18/h7-8H,1-6,18H2. The number of imidazole rings is 1. The molecular weight excluding hydrogens is 299 g/mol. The van der Waals surface area contributed by atoms with E-state index in [-0.39, 0.29) is 12.1 Å². The third-order valence-corrected chi connectivity index (χ3v) is 3.50. The van der Waals surface area contributed by atoms with Crippen molar-refractivity contribution in [2.45, 2.75) is 25.6 Å². The minimum atomic E-state index is -4.51. The number of fused-ring (bicyclic) bond motifs is 2. The summed E-state index contributed by atoms with van der Waals surface area (Å²) in [6.45, 7) is 1.41. The van der Waals surface area contributed by atoms with E-state index in [0.29, 0.717) is 49.6 Å². The Morgan fingerprint density at radius 2 is 1.82 bits per heavy atom. The highest BCUT2D eigenvalue weighted by Crippen LogP contribution is 2.38. The van der Waals surface area contributed by atoms with Crippen molar-refractivity contribution in [1.29, 1.82) is 0 Å². The molecule has 0 amide bonds. The number of hydrogen-bond donors (Lipinski definition) is 1. The first-order chi connectivity index (χ1) is 10.5. The Hall–Kier alpha value is -1.96. The molecule has 1 aliphatic rings. The van der Waals surface area contributed by atoms with Crippen molar-refractivity contribution in [2.24, 2.45) is 5.73 Å². The number of benzene rings is 1. The van der Waals surface area contributed by atoms with Gasteiger partial charge in [0.15, 0.2) is 11.5 Å². The lowest BCUT2D eigenvalue weighted by Crippen LogP contribution is -2.16. The van der Waals surface area contributed by atoms with Gasteiger partial charge in [-0.15, -0.1) is 0 Å². The lowest BCUT2D eigenvalue weighted by molar-refractivity contribution is -0.146. The zero-order chi connectivity index (χ0) is 15.7. The predicted molar refractivity (Wildman–Crippen MR) is 74.0 cm³/mol. The zero-order valence-electron chi connectivity index (χ0n) is 11.8. The first kappa shape index (κ1) is 15.0. The third kappa shape index (κ3) is 2.70. The molecule has 0 unspecified atom stereocenters. The molecule has 0 aliphatic carbocycles. The second-order valence-electron chi connectivity index (χ2n) is 5.07. The molecule has 22 heavy (non-hydrogen) atoms. The summed E-state index contributed by atoms with van der Waals surface area (Å²) in [5.74, 6) is -0.0200. The molecule has 0 saturated heterocycles. The maximum absolute atomic E-state index is 13.2. The van der Waals surface area contributed by atoms with Gasteiger partial charge < -0.3 is 19.8 Å². The average Bonchev–Trinajstić information content (AvgIpc) is 2.83. The van der Waals surface area contributed by atoms with Gasteiger partial charge in [0.2, 0.25) is 5.82 Å². The fourth-order valence-corrected chi connectivity index (χ4v) is 2.52. The summed E-state index contributed by atoms with van der Waals surface area (Å²) in [5.41, 5.74) is 6.06. The molecule has 3 rings (SSSR count). The van der Waals surface area contributed by atoms with Crippen LogP contribution >= 0.6 is 0 Å². The molecule has 2 heterocycles. The molecule has 0 saturated carbocycles. The molecule has 0 atom stereocenters. The molecule has 1 aliphatic heterocycles. The average molecular weight is 315 g/mol. The largest absolute Gasteiger partial charge is 0.486 e. The van der Waals surface area contributed by atoms with Crippen LogP contribution in [0.3, 0.4) is 0 Å². The van der Waals surface area contributed by atoms with Gasteiger partial charge in [0.1, 0.15) is 13.2 Å². The second kappa shape index (κ2) is 5.68. The molecule has 2 N–H and O–H groups in total. The van der Waals surface area contributed by atoms with Crippen LogP contribution in [0.15, 0.2) is 12.1 Å². The van der Waals surface area contributed by atoms with E-state index in [1.54, 1.807) is 6.07 Å². The van der Waals surface area contributed by atoms with Gasteiger partial charge >= 0.3 is 6.18 Å². The second-order valence-corrected chi connectivity index (χ2v) is 5.07. The van der Waals surface area contributed by atoms with Crippen LogP contribution in [0.4, 0.5) is 13.2 Å². The van der Waals surface area contributed by atoms with Crippen LogP contribution < -0.4 is 15.2 Å². The van der Waals surface area contributed by atoms with Crippen LogP contribution in [0.2, 0.25) is 0 Å². The highest BCUT2D eigenvalue weighted by molar-refractivity contribution is 5.81. The number of halogens is 3. The first-order valence-electron chi connectivity index (χ1n) is 7.08. The minimum absolute atomic E-state index is 0.211. The molecule has 8 heteroatoms. The first-order valence-corrected chi connectivity index (χ1v) is 7.08. The van der Waals surface area contributed by atoms with Crippen LogP contribution in [-0.2, 0) is 12.7 Å². The smallest absolute Gasteiger partial charge is 0.449 e. The quantitative estimate of drug-likeness (QED) is 0.881. The normalized spacial score (nSPS) is 14.5. The number of unbranched alkanes of at least 4 members (excludes halogenated alkanes) is 1. The van der Waals surface area contributed by atoms with Gasteiger partial charge in [-0.3, -0.25) is 0 Å². The van der Waals surface area contributed by atoms with Gasteiger partial charge in [-0.05, 0) is 19.4 Å². The van der Waals surface area contributed by atoms with E-state index in [2.05, 4.69) is 4.98 Å². The molecule has 2 aromatic rings. The number of hydrogen-bond acceptors (Lipinski definition) is 4. The third-order valence-electron chi connectivity index (χ3n) is 3.50. The molecule has 120 valence electrons. The van der Waals surface area contributed by atoms with E-state index in [4.69, 9.17) is 15.2 Å². The van der Waals surface area contributed by atoms with Crippen molar-refractivity contribution < 1.29 is 22.6 Å². The highest BCUT2D eigenvalue weighted by Gasteiger charge is 2.37. The van der Waals surface area contributed by atoms with E-state index in [1.165, 1.54) is 10.6 Å². The molecule has 0 bridgehead atoms. The number of nitrogens with two attached hydrogens (primary N) is 1. The maximum atomic E-state index is 13.2. The van der Waals surface area contributed by atoms with Crippen LogP contribution in [0, 0.1) is 0 Å². The van der Waals surface area contributed by atoms with E-state index in [1.807, 2.05) is 0 Å². The molecule has 1 aromatic carbocycles. The highest BCUT2D eigenvalue weighted by atomic mass is 19.4. The number of nitrogens with zero attached hydrogens (tertiary/aromatic N) is 2. The Kier molecular flexibility index (Phi) is 3.86. The Morgan fingerprint density at radius 3 is 2.45 bits per heavy atom. The summed E-state index contributed by atoms with van der Waals surface area (Å²) in [5, 5.41) is 0. The van der Waals surface area contributed by atoms with Crippen molar-refractivity contribution in [3.63, 3.8) is 0 Å². The van der Waals surface area contributed by atoms with Crippen molar-refractivity contribution in [3.05, 3.63) is 18.0 Å². The SMILES string of the molecule is NCCCCn1c(C(F)(F)F)nc2cc3c(cc21)OCCO3. The van der Waals surface area contributed by atoms with E-state index in [0.717, 1.165) is 0 Å². The lowest BCUT2D eigenvalue weighted by Gasteiger charge is -2.18. The maximum Gasteiger partial charge on any atom is 0.449 e. The summed E-state index contributed by atoms with van der Waals surface area (Å²) in [7, 11) is 0. The number of aromatic nitrogens is 2. The summed E-state index contributed by atoms with van der Waals surface area (Å²) in [4.78, 5) is 3.74. The van der Waals surface area contributed by atoms with Gasteiger partial charge in [-0.2, -0.15) is 13.2 Å². The number of rotatable bonds is 4. The summed E-state index contributed by atoms with van der Waals surface area (Å²) < 4.78 is 51.6. The van der Waals surface area contributed by atoms with E-state index < -0.39 is 12.0 Å². The molecule has 5 nitrogen and oxygen atoms in total. The Bertz CT molecular complexity index is 682. The molecule has 0 radical (unpaired) electrons. The molecule has 1 aromatic heterocycles. The van der Waals surface area contributed by atoms with Crippen molar-refractivity contribution in [2.75, 3.05) is 19.8 Å². The van der Waals surface area contributed by atoms with Crippen LogP contribution in [-0.4, -0.2) is 29.3 Å². The topological polar surface area (TPSA) is 62.3 Å². The minimum Gasteiger partial charge on any atom is -0.486 e. The summed E-state index contributed by atoms with van der Waals surface area (Å²) in [6, 6.07) is 3.06. The van der Waals surface area contributed by atoms with E-state index in [9.17, 15) is 13.2 Å². The van der Waals surface area contributed by atoms with Crippen molar-refractivity contribution in [1.82, 2.24) is 9.55 Å². The van der Waals surface area contributed by atoms with Crippen LogP contribution in [0.1, 0.15) is 18.7 Å². The van der Waals surface area contributed by atoms with Crippen molar-refractivity contribution in [3.8, 4) is 11.5 Å². The number of ether oxygens (including phenoxy) is 2. The zero-order valence-corrected chi connectivity index (χ0v) is 11.8. The van der Waals surface area contributed by atoms with Gasteiger partial charge in [-0.25, -0.2) is 4.98 Å². The monoisotopic (exact) mass is 315 g/mol. The number of aryl methyl sites for hydroxylation is 1. The van der Waals surface area contributed by atoms with Crippen molar-refractivity contribution >= 4 is 11.0 Å². The summed E-state index contributed by atoms with van der Waals surface area (Å²) in [6.07, 6.45) is -3.30. The Labute approximate surface area is 124 Å². The van der Waals surface area contributed by atoms with Gasteiger partial charge in [0.05, 0.1) is 11.0 Å². The Balaban J connectivity index is 2.10. The van der Waals surface area contributed by atoms with Crippen LogP contribution in [0.5, 0.6) is 11.5 Å². The predicted octanol–water partition coefficient (Wildman–Crippen LogP) is 2.57. The lowest BCUT2D eigenvalue weighted by atomic mass is 10.2. The summed E-state index contributed by atoms with van der Waals surface area (Å²) >= 11 is 0. The van der Waals surface area contributed by atoms with Gasteiger partial charge in [-0.1, -0.05) is 0 Å². The van der Waals surface area contributed by atoms with Gasteiger partial charge in [0.25, 0.3) is 0 Å². The Morgan fingerprint density at radius 1 is 1.14 bits per heavy atom. The van der Waals surface area contributed by atoms with E-state index >= 15 is 0 Å². The molecule has 0 fully saturated rings. The molecule has 0 spiro atoms. The fraction of sp³-hybridized carbons (Fsp3) is 0.500. The van der Waals surface area contributed by atoms with Gasteiger partial charge in [0, 0.05) is 18.7 Å². The number of alkyl halides is 3. The van der Waals surface area contributed by atoms with Crippen LogP contribution in [0.25, 0.3) is 11.0 Å². The fourth-order valence-electron chi connectivity index (χ4n) is 2.52.